The first-order valence-corrected chi connectivity index (χ1v) is 5.67. The number of rotatable bonds is 7. The molecule has 3 heteroatoms. The highest BCUT2D eigenvalue weighted by atomic mass is 16.2. The summed E-state index contributed by atoms with van der Waals surface area (Å²) < 4.78 is 0. The molecular formula is C12H23NO2. The summed E-state index contributed by atoms with van der Waals surface area (Å²) in [7, 11) is 1.81. The molecule has 0 aliphatic rings. The van der Waals surface area contributed by atoms with Gasteiger partial charge < -0.3 is 9.69 Å². The first-order valence-electron chi connectivity index (χ1n) is 5.67. The molecule has 0 saturated heterocycles. The zero-order chi connectivity index (χ0) is 11.8. The van der Waals surface area contributed by atoms with E-state index in [4.69, 9.17) is 0 Å². The molecule has 0 saturated carbocycles. The fourth-order valence-corrected chi connectivity index (χ4v) is 1.34. The van der Waals surface area contributed by atoms with Crippen molar-refractivity contribution in [3.05, 3.63) is 0 Å². The topological polar surface area (TPSA) is 37.4 Å². The lowest BCUT2D eigenvalue weighted by molar-refractivity contribution is -0.131. The molecule has 0 aliphatic carbocycles. The lowest BCUT2D eigenvalue weighted by Crippen LogP contribution is -2.28. The molecule has 88 valence electrons. The molecule has 0 rings (SSSR count). The zero-order valence-corrected chi connectivity index (χ0v) is 10.4. The van der Waals surface area contributed by atoms with Crippen LogP contribution in [-0.2, 0) is 9.59 Å². The van der Waals surface area contributed by atoms with E-state index in [0.29, 0.717) is 18.8 Å². The summed E-state index contributed by atoms with van der Waals surface area (Å²) in [6.45, 7) is 6.68. The van der Waals surface area contributed by atoms with E-state index < -0.39 is 0 Å². The molecule has 0 fully saturated rings. The van der Waals surface area contributed by atoms with Gasteiger partial charge in [0, 0.05) is 26.4 Å². The van der Waals surface area contributed by atoms with E-state index in [-0.39, 0.29) is 11.7 Å². The van der Waals surface area contributed by atoms with Gasteiger partial charge in [0.05, 0.1) is 0 Å². The van der Waals surface area contributed by atoms with Crippen molar-refractivity contribution in [2.45, 2.75) is 46.5 Å². The van der Waals surface area contributed by atoms with Crippen molar-refractivity contribution in [3.8, 4) is 0 Å². The minimum Gasteiger partial charge on any atom is -0.346 e. The molecule has 0 unspecified atom stereocenters. The molecule has 15 heavy (non-hydrogen) atoms. The quantitative estimate of drug-likeness (QED) is 0.650. The van der Waals surface area contributed by atoms with Gasteiger partial charge in [0.1, 0.15) is 5.78 Å². The predicted octanol–water partition coefficient (Wildman–Crippen LogP) is 2.25. The zero-order valence-electron chi connectivity index (χ0n) is 10.4. The Morgan fingerprint density at radius 1 is 1.20 bits per heavy atom. The molecule has 0 aromatic rings. The third kappa shape index (κ3) is 8.16. The Kier molecular flexibility index (Phi) is 7.01. The maximum Gasteiger partial charge on any atom is 0.222 e. The van der Waals surface area contributed by atoms with Gasteiger partial charge in [-0.2, -0.15) is 0 Å². The molecule has 0 heterocycles. The molecule has 0 aromatic heterocycles. The number of hydrogen-bond donors (Lipinski definition) is 0. The molecule has 0 radical (unpaired) electrons. The molecule has 0 aliphatic heterocycles. The van der Waals surface area contributed by atoms with Crippen LogP contribution in [0.5, 0.6) is 0 Å². The number of carbonyl (C=O) groups is 2. The molecule has 0 bridgehead atoms. The Hall–Kier alpha value is -0.860. The van der Waals surface area contributed by atoms with Crippen LogP contribution < -0.4 is 0 Å². The van der Waals surface area contributed by atoms with E-state index in [1.165, 1.54) is 6.92 Å². The van der Waals surface area contributed by atoms with Crippen LogP contribution in [0.1, 0.15) is 46.5 Å². The summed E-state index contributed by atoms with van der Waals surface area (Å²) in [5.41, 5.74) is 0. The highest BCUT2D eigenvalue weighted by Crippen LogP contribution is 2.05. The molecule has 3 nitrogen and oxygen atoms in total. The van der Waals surface area contributed by atoms with E-state index >= 15 is 0 Å². The van der Waals surface area contributed by atoms with Crippen LogP contribution in [0.25, 0.3) is 0 Å². The Morgan fingerprint density at radius 3 is 2.27 bits per heavy atom. The maximum atomic E-state index is 11.5. The Balaban J connectivity index is 3.64. The van der Waals surface area contributed by atoms with Crippen molar-refractivity contribution in [3.63, 3.8) is 0 Å². The molecule has 0 atom stereocenters. The predicted molar refractivity (Wildman–Crippen MR) is 61.6 cm³/mol. The van der Waals surface area contributed by atoms with Gasteiger partial charge in [0.25, 0.3) is 0 Å². The minimum atomic E-state index is 0.0777. The summed E-state index contributed by atoms with van der Waals surface area (Å²) in [6.07, 6.45) is 2.91. The summed E-state index contributed by atoms with van der Waals surface area (Å²) >= 11 is 0. The van der Waals surface area contributed by atoms with Crippen molar-refractivity contribution in [1.82, 2.24) is 4.90 Å². The van der Waals surface area contributed by atoms with E-state index in [2.05, 4.69) is 13.8 Å². The molecular weight excluding hydrogens is 190 g/mol. The second-order valence-corrected chi connectivity index (χ2v) is 4.55. The van der Waals surface area contributed by atoms with E-state index in [0.717, 1.165) is 19.4 Å². The SMILES string of the molecule is CC(=O)CCC(=O)N(C)CCCC(C)C. The normalized spacial score (nSPS) is 10.5. The van der Waals surface area contributed by atoms with Gasteiger partial charge in [-0.15, -0.1) is 0 Å². The van der Waals surface area contributed by atoms with E-state index in [9.17, 15) is 9.59 Å². The second-order valence-electron chi connectivity index (χ2n) is 4.55. The van der Waals surface area contributed by atoms with Crippen molar-refractivity contribution in [1.29, 1.82) is 0 Å². The number of ketones is 1. The van der Waals surface area contributed by atoms with Gasteiger partial charge in [-0.25, -0.2) is 0 Å². The van der Waals surface area contributed by atoms with Gasteiger partial charge in [-0.05, 0) is 25.7 Å². The number of Topliss-reactive ketones (excluding diaryl/α,β-unsaturated/α-hetero) is 1. The highest BCUT2D eigenvalue weighted by Gasteiger charge is 2.09. The minimum absolute atomic E-state index is 0.0777. The van der Waals surface area contributed by atoms with Crippen molar-refractivity contribution >= 4 is 11.7 Å². The third-order valence-electron chi connectivity index (χ3n) is 2.39. The van der Waals surface area contributed by atoms with E-state index in [1.54, 1.807) is 4.90 Å². The smallest absolute Gasteiger partial charge is 0.222 e. The Labute approximate surface area is 92.8 Å². The third-order valence-corrected chi connectivity index (χ3v) is 2.39. The van der Waals surface area contributed by atoms with Gasteiger partial charge in [0.2, 0.25) is 5.91 Å². The Bertz CT molecular complexity index is 212. The average molecular weight is 213 g/mol. The number of hydrogen-bond acceptors (Lipinski definition) is 2. The van der Waals surface area contributed by atoms with Crippen LogP contribution in [0.15, 0.2) is 0 Å². The number of nitrogens with zero attached hydrogens (tertiary/aromatic N) is 1. The summed E-state index contributed by atoms with van der Waals surface area (Å²) in [6, 6.07) is 0. The standard InChI is InChI=1S/C12H23NO2/c1-10(2)6-5-9-13(4)12(15)8-7-11(3)14/h10H,5-9H2,1-4H3. The molecule has 0 aromatic carbocycles. The Morgan fingerprint density at radius 2 is 1.80 bits per heavy atom. The van der Waals surface area contributed by atoms with Crippen LogP contribution in [-0.4, -0.2) is 30.2 Å². The fraction of sp³-hybridized carbons (Fsp3) is 0.833. The molecule has 0 N–H and O–H groups in total. The van der Waals surface area contributed by atoms with Crippen LogP contribution in [0.3, 0.4) is 0 Å². The van der Waals surface area contributed by atoms with Gasteiger partial charge >= 0.3 is 0 Å². The average Bonchev–Trinajstić information content (AvgIpc) is 2.13. The van der Waals surface area contributed by atoms with Gasteiger partial charge in [-0.3, -0.25) is 4.79 Å². The van der Waals surface area contributed by atoms with Crippen LogP contribution in [0, 0.1) is 5.92 Å². The van der Waals surface area contributed by atoms with Gasteiger partial charge in [0.15, 0.2) is 0 Å². The maximum absolute atomic E-state index is 11.5. The summed E-state index contributed by atoms with van der Waals surface area (Å²) in [5.74, 6) is 0.846. The second kappa shape index (κ2) is 7.43. The van der Waals surface area contributed by atoms with Crippen LogP contribution in [0.4, 0.5) is 0 Å². The number of carbonyl (C=O) groups excluding carboxylic acids is 2. The molecule has 0 spiro atoms. The van der Waals surface area contributed by atoms with Crippen molar-refractivity contribution in [2.24, 2.45) is 5.92 Å². The van der Waals surface area contributed by atoms with E-state index in [1.807, 2.05) is 7.05 Å². The van der Waals surface area contributed by atoms with Gasteiger partial charge in [-0.1, -0.05) is 13.8 Å². The highest BCUT2D eigenvalue weighted by molar-refractivity contribution is 5.83. The largest absolute Gasteiger partial charge is 0.346 e. The van der Waals surface area contributed by atoms with Crippen molar-refractivity contribution in [2.75, 3.05) is 13.6 Å². The first-order chi connectivity index (χ1) is 6.93. The van der Waals surface area contributed by atoms with Crippen molar-refractivity contribution < 1.29 is 9.59 Å². The number of amides is 1. The summed E-state index contributed by atoms with van der Waals surface area (Å²) in [4.78, 5) is 23.9. The first kappa shape index (κ1) is 14.1. The summed E-state index contributed by atoms with van der Waals surface area (Å²) in [5, 5.41) is 0. The van der Waals surface area contributed by atoms with Crippen LogP contribution in [0.2, 0.25) is 0 Å². The monoisotopic (exact) mass is 213 g/mol. The molecule has 1 amide bonds. The lowest BCUT2D eigenvalue weighted by atomic mass is 10.1. The lowest BCUT2D eigenvalue weighted by Gasteiger charge is -2.17. The fourth-order valence-electron chi connectivity index (χ4n) is 1.34. The van der Waals surface area contributed by atoms with Crippen LogP contribution >= 0.6 is 0 Å².